The number of carboxylic acids is 1. The average molecular weight is 475 g/mol. The molecule has 0 saturated heterocycles. The normalized spacial score (nSPS) is 12.7. The third kappa shape index (κ3) is 6.58. The molecule has 33 heavy (non-hydrogen) atoms. The second-order valence-corrected chi connectivity index (χ2v) is 8.81. The van der Waals surface area contributed by atoms with E-state index in [0.29, 0.717) is 13.0 Å². The van der Waals surface area contributed by atoms with Crippen LogP contribution in [0, 0.1) is 6.92 Å². The summed E-state index contributed by atoms with van der Waals surface area (Å²) in [6.07, 6.45) is -0.697. The molecule has 0 fully saturated rings. The Balaban J connectivity index is 1.92. The summed E-state index contributed by atoms with van der Waals surface area (Å²) in [4.78, 5) is 15.2. The number of halogens is 3. The van der Waals surface area contributed by atoms with Crippen molar-refractivity contribution < 1.29 is 23.1 Å². The van der Waals surface area contributed by atoms with Crippen LogP contribution in [0.3, 0.4) is 0 Å². The summed E-state index contributed by atoms with van der Waals surface area (Å²) in [7, 11) is 0. The van der Waals surface area contributed by atoms with Crippen LogP contribution in [-0.2, 0) is 11.0 Å². The van der Waals surface area contributed by atoms with Crippen LogP contribution in [-0.4, -0.2) is 26.9 Å². The van der Waals surface area contributed by atoms with Gasteiger partial charge in [-0.25, -0.2) is 4.31 Å². The van der Waals surface area contributed by atoms with Crippen LogP contribution in [0.2, 0.25) is 0 Å². The summed E-state index contributed by atoms with van der Waals surface area (Å²) in [5.41, 5.74) is 3.27. The zero-order valence-corrected chi connectivity index (χ0v) is 19.2. The van der Waals surface area contributed by atoms with Crippen LogP contribution < -0.4 is 0 Å². The fraction of sp³-hybridized carbons (Fsp3) is 0.280. The van der Waals surface area contributed by atoms with E-state index in [1.165, 1.54) is 12.1 Å². The Morgan fingerprint density at radius 1 is 1.15 bits per heavy atom. The number of nitrogens with zero attached hydrogens (tertiary/aromatic N) is 2. The maximum atomic E-state index is 13.5. The number of carbonyl (C=O) groups is 1. The zero-order valence-electron chi connectivity index (χ0n) is 18.3. The van der Waals surface area contributed by atoms with Crippen LogP contribution in [0.25, 0.3) is 11.1 Å². The lowest BCUT2D eigenvalue weighted by Crippen LogP contribution is -2.22. The van der Waals surface area contributed by atoms with Crippen LogP contribution in [0.4, 0.5) is 13.2 Å². The monoisotopic (exact) mass is 474 g/mol. The van der Waals surface area contributed by atoms with Crippen LogP contribution >= 0.6 is 11.9 Å². The standard InChI is InChI=1S/C25H25F3N2O2S/c1-17-16-29-13-12-21(17)20-8-5-7-19(15-20)18(2)30(14-6-11-24(31)32)33-23-10-4-3-9-22(23)25(26,27)28/h3-5,7-10,12-13,15-16,18H,6,11,14H2,1-2H3,(H,31,32). The molecule has 1 unspecified atom stereocenters. The van der Waals surface area contributed by atoms with E-state index in [9.17, 15) is 18.0 Å². The fourth-order valence-electron chi connectivity index (χ4n) is 3.54. The van der Waals surface area contributed by atoms with Crippen LogP contribution in [0.1, 0.15) is 42.5 Å². The first-order valence-corrected chi connectivity index (χ1v) is 11.3. The van der Waals surface area contributed by atoms with Crippen molar-refractivity contribution in [3.63, 3.8) is 0 Å². The Hall–Kier alpha value is -2.84. The Labute approximate surface area is 195 Å². The number of aromatic nitrogens is 1. The first kappa shape index (κ1) is 24.8. The minimum absolute atomic E-state index is 0.0546. The Kier molecular flexibility index (Phi) is 8.15. The largest absolute Gasteiger partial charge is 0.481 e. The van der Waals surface area contributed by atoms with Crippen molar-refractivity contribution in [3.05, 3.63) is 83.7 Å². The Morgan fingerprint density at radius 2 is 1.91 bits per heavy atom. The van der Waals surface area contributed by atoms with E-state index >= 15 is 0 Å². The van der Waals surface area contributed by atoms with Gasteiger partial charge in [-0.1, -0.05) is 30.3 Å². The lowest BCUT2D eigenvalue weighted by Gasteiger charge is -2.29. The molecule has 3 rings (SSSR count). The van der Waals surface area contributed by atoms with Gasteiger partial charge in [0, 0.05) is 36.3 Å². The molecule has 8 heteroatoms. The molecular weight excluding hydrogens is 449 g/mol. The highest BCUT2D eigenvalue weighted by Crippen LogP contribution is 2.40. The van der Waals surface area contributed by atoms with E-state index in [1.807, 2.05) is 48.5 Å². The maximum absolute atomic E-state index is 13.5. The molecule has 0 aliphatic carbocycles. The predicted molar refractivity (Wildman–Crippen MR) is 124 cm³/mol. The van der Waals surface area contributed by atoms with Crippen LogP contribution in [0.5, 0.6) is 0 Å². The van der Waals surface area contributed by atoms with E-state index in [1.54, 1.807) is 18.5 Å². The molecule has 4 nitrogen and oxygen atoms in total. The van der Waals surface area contributed by atoms with Crippen molar-refractivity contribution in [2.75, 3.05) is 6.54 Å². The van der Waals surface area contributed by atoms with Gasteiger partial charge in [0.15, 0.2) is 0 Å². The van der Waals surface area contributed by atoms with Gasteiger partial charge >= 0.3 is 12.1 Å². The Bertz CT molecular complexity index is 1100. The predicted octanol–water partition coefficient (Wildman–Crippen LogP) is 7.01. The van der Waals surface area contributed by atoms with E-state index < -0.39 is 17.7 Å². The van der Waals surface area contributed by atoms with Crippen LogP contribution in [0.15, 0.2) is 71.9 Å². The molecule has 3 aromatic rings. The highest BCUT2D eigenvalue weighted by Gasteiger charge is 2.34. The highest BCUT2D eigenvalue weighted by atomic mass is 32.2. The van der Waals surface area contributed by atoms with E-state index in [0.717, 1.165) is 40.3 Å². The lowest BCUT2D eigenvalue weighted by molar-refractivity contribution is -0.140. The van der Waals surface area contributed by atoms with E-state index in [2.05, 4.69) is 4.98 Å². The van der Waals surface area contributed by atoms with Gasteiger partial charge in [-0.3, -0.25) is 9.78 Å². The van der Waals surface area contributed by atoms with Crippen molar-refractivity contribution in [2.45, 2.75) is 43.8 Å². The van der Waals surface area contributed by atoms with Crippen molar-refractivity contribution in [1.29, 1.82) is 0 Å². The summed E-state index contributed by atoms with van der Waals surface area (Å²) in [5, 5.41) is 9.03. The van der Waals surface area contributed by atoms with Gasteiger partial charge in [-0.15, -0.1) is 0 Å². The van der Waals surface area contributed by atoms with Gasteiger partial charge in [0.05, 0.1) is 5.56 Å². The highest BCUT2D eigenvalue weighted by molar-refractivity contribution is 7.97. The number of hydrogen-bond donors (Lipinski definition) is 1. The maximum Gasteiger partial charge on any atom is 0.417 e. The smallest absolute Gasteiger partial charge is 0.417 e. The number of aryl methyl sites for hydroxylation is 1. The van der Waals surface area contributed by atoms with Gasteiger partial charge in [0.25, 0.3) is 0 Å². The number of rotatable bonds is 9. The molecule has 0 bridgehead atoms. The SMILES string of the molecule is Cc1cnccc1-c1cccc(C(C)N(CCCC(=O)O)Sc2ccccc2C(F)(F)F)c1. The molecule has 174 valence electrons. The molecule has 0 aliphatic heterocycles. The Morgan fingerprint density at radius 3 is 2.61 bits per heavy atom. The van der Waals surface area contributed by atoms with Gasteiger partial charge < -0.3 is 5.11 Å². The van der Waals surface area contributed by atoms with E-state index in [-0.39, 0.29) is 17.4 Å². The first-order chi connectivity index (χ1) is 15.7. The second kappa shape index (κ2) is 10.9. The third-order valence-corrected chi connectivity index (χ3v) is 6.60. The summed E-state index contributed by atoms with van der Waals surface area (Å²) in [5.74, 6) is -0.932. The summed E-state index contributed by atoms with van der Waals surface area (Å²) in [6, 6.07) is 15.0. The molecule has 0 saturated carbocycles. The summed E-state index contributed by atoms with van der Waals surface area (Å²) >= 11 is 1.01. The van der Waals surface area contributed by atoms with E-state index in [4.69, 9.17) is 5.11 Å². The summed E-state index contributed by atoms with van der Waals surface area (Å²) < 4.78 is 42.5. The molecule has 1 heterocycles. The molecule has 0 amide bonds. The fourth-order valence-corrected chi connectivity index (χ4v) is 4.72. The molecule has 1 aromatic heterocycles. The quantitative estimate of drug-likeness (QED) is 0.338. The van der Waals surface area contributed by atoms with Crippen molar-refractivity contribution >= 4 is 17.9 Å². The van der Waals surface area contributed by atoms with Gasteiger partial charge in [-0.2, -0.15) is 13.2 Å². The van der Waals surface area contributed by atoms with Crippen molar-refractivity contribution in [1.82, 2.24) is 9.29 Å². The lowest BCUT2D eigenvalue weighted by atomic mass is 9.98. The van der Waals surface area contributed by atoms with Gasteiger partial charge in [0.1, 0.15) is 0 Å². The van der Waals surface area contributed by atoms with Crippen molar-refractivity contribution in [2.24, 2.45) is 0 Å². The number of benzene rings is 2. The number of alkyl halides is 3. The first-order valence-electron chi connectivity index (χ1n) is 10.5. The number of hydrogen-bond acceptors (Lipinski definition) is 4. The van der Waals surface area contributed by atoms with Gasteiger partial charge in [0.2, 0.25) is 0 Å². The molecule has 0 radical (unpaired) electrons. The zero-order chi connectivity index (χ0) is 24.0. The minimum Gasteiger partial charge on any atom is -0.481 e. The third-order valence-electron chi connectivity index (χ3n) is 5.31. The number of aliphatic carboxylic acids is 1. The molecule has 0 aliphatic rings. The molecule has 2 aromatic carbocycles. The topological polar surface area (TPSA) is 53.4 Å². The number of carboxylic acid groups (broad SMARTS) is 1. The molecule has 1 atom stereocenters. The van der Waals surface area contributed by atoms with Gasteiger partial charge in [-0.05, 0) is 78.7 Å². The summed E-state index contributed by atoms with van der Waals surface area (Å²) in [6.45, 7) is 4.21. The molecule has 0 spiro atoms. The molecule has 1 N–H and O–H groups in total. The molecular formula is C25H25F3N2O2S. The second-order valence-electron chi connectivity index (χ2n) is 7.72. The minimum atomic E-state index is -4.47. The van der Waals surface area contributed by atoms with Crippen molar-refractivity contribution in [3.8, 4) is 11.1 Å². The number of pyridine rings is 1. The average Bonchev–Trinajstić information content (AvgIpc) is 2.78.